The summed E-state index contributed by atoms with van der Waals surface area (Å²) < 4.78 is 0. The molecule has 6 nitrogen and oxygen atoms in total. The fraction of sp³-hybridized carbons (Fsp3) is 0.833. The van der Waals surface area contributed by atoms with E-state index in [0.717, 1.165) is 0 Å². The summed E-state index contributed by atoms with van der Waals surface area (Å²) in [5.41, 5.74) is 0. The summed E-state index contributed by atoms with van der Waals surface area (Å²) in [6.45, 7) is 0.518. The van der Waals surface area contributed by atoms with Gasteiger partial charge in [-0.25, -0.2) is 4.79 Å². The summed E-state index contributed by atoms with van der Waals surface area (Å²) in [6, 6.07) is -0.800. The lowest BCUT2D eigenvalue weighted by molar-refractivity contribution is -0.138. The number of aliphatic hydroxyl groups excluding tert-OH is 1. The molecule has 80 valence electrons. The Hall–Kier alpha value is -0.470. The van der Waals surface area contributed by atoms with Crippen LogP contribution < -0.4 is 0 Å². The van der Waals surface area contributed by atoms with Crippen LogP contribution in [0, 0.1) is 0 Å². The molecule has 0 aromatic carbocycles. The van der Waals surface area contributed by atoms with E-state index >= 15 is 0 Å². The van der Waals surface area contributed by atoms with Crippen molar-refractivity contribution in [1.29, 1.82) is 0 Å². The van der Waals surface area contributed by atoms with Gasteiger partial charge >= 0.3 is 5.97 Å². The topological polar surface area (TPSA) is 85.5 Å². The van der Waals surface area contributed by atoms with E-state index < -0.39 is 18.1 Å². The van der Waals surface area contributed by atoms with Crippen molar-refractivity contribution in [3.05, 3.63) is 0 Å². The van der Waals surface area contributed by atoms with Crippen molar-refractivity contribution in [1.82, 2.24) is 5.01 Å². The molecule has 0 saturated heterocycles. The van der Waals surface area contributed by atoms with Crippen molar-refractivity contribution >= 4 is 28.4 Å². The Balaban J connectivity index is 2.30. The number of hydrogen-bond acceptors (Lipinski definition) is 7. The van der Waals surface area contributed by atoms with E-state index in [2.05, 4.69) is 22.0 Å². The molecule has 0 fully saturated rings. The number of carboxylic acid groups (broad SMARTS) is 1. The number of carboxylic acids is 1. The summed E-state index contributed by atoms with van der Waals surface area (Å²) in [7, 11) is 1.23. The van der Waals surface area contributed by atoms with Gasteiger partial charge < -0.3 is 10.2 Å². The first kappa shape index (κ1) is 11.6. The molecule has 0 aromatic rings. The third kappa shape index (κ3) is 3.35. The van der Waals surface area contributed by atoms with Crippen LogP contribution in [0.25, 0.3) is 0 Å². The summed E-state index contributed by atoms with van der Waals surface area (Å²) in [5, 5.41) is 26.6. The number of thiol groups is 1. The fourth-order valence-corrected chi connectivity index (χ4v) is 1.82. The van der Waals surface area contributed by atoms with Crippen LogP contribution in [0.2, 0.25) is 0 Å². The summed E-state index contributed by atoms with van der Waals surface area (Å²) in [4.78, 5) is 10.5. The lowest BCUT2D eigenvalue weighted by Gasteiger charge is -2.16. The van der Waals surface area contributed by atoms with Gasteiger partial charge in [0.25, 0.3) is 0 Å². The Morgan fingerprint density at radius 2 is 2.50 bits per heavy atom. The van der Waals surface area contributed by atoms with Gasteiger partial charge in [0.15, 0.2) is 6.04 Å². The Bertz CT molecular complexity index is 238. The molecular formula is C6H11N3O3S2. The van der Waals surface area contributed by atoms with Gasteiger partial charge in [0.05, 0.1) is 19.2 Å². The maximum Gasteiger partial charge on any atom is 0.332 e. The van der Waals surface area contributed by atoms with Gasteiger partial charge in [-0.15, -0.1) is 11.7 Å². The van der Waals surface area contributed by atoms with E-state index in [1.807, 2.05) is 0 Å². The maximum absolute atomic E-state index is 10.5. The molecule has 1 aliphatic heterocycles. The quantitative estimate of drug-likeness (QED) is 0.465. The smallest absolute Gasteiger partial charge is 0.332 e. The van der Waals surface area contributed by atoms with Crippen LogP contribution in [-0.4, -0.2) is 52.2 Å². The fourth-order valence-electron chi connectivity index (χ4n) is 1.03. The van der Waals surface area contributed by atoms with Gasteiger partial charge in [0.1, 0.15) is 0 Å². The first-order valence-corrected chi connectivity index (χ1v) is 6.00. The molecule has 0 saturated carbocycles. The average molecular weight is 237 g/mol. The second-order valence-corrected chi connectivity index (χ2v) is 4.25. The number of nitrogens with zero attached hydrogens (tertiary/aromatic N) is 3. The second kappa shape index (κ2) is 5.42. The zero-order valence-corrected chi connectivity index (χ0v) is 8.99. The Morgan fingerprint density at radius 1 is 1.79 bits per heavy atom. The Morgan fingerprint density at radius 3 is 3.00 bits per heavy atom. The minimum absolute atomic E-state index is 0.226. The molecule has 1 heterocycles. The molecule has 0 spiro atoms. The number of β-amino-alcohol motifs (C(OH)–C–C–N with tert-alkyl or cyclic N) is 1. The first-order chi connectivity index (χ1) is 6.63. The third-order valence-electron chi connectivity index (χ3n) is 1.67. The monoisotopic (exact) mass is 237 g/mol. The highest BCUT2D eigenvalue weighted by Crippen LogP contribution is 2.12. The highest BCUT2D eigenvalue weighted by Gasteiger charge is 2.26. The van der Waals surface area contributed by atoms with Crippen molar-refractivity contribution in [3.63, 3.8) is 0 Å². The first-order valence-electron chi connectivity index (χ1n) is 3.96. The van der Waals surface area contributed by atoms with Crippen LogP contribution in [0.4, 0.5) is 0 Å². The number of aliphatic carboxylic acids is 1. The lowest BCUT2D eigenvalue weighted by atomic mass is 10.3. The highest BCUT2D eigenvalue weighted by atomic mass is 33.1. The highest BCUT2D eigenvalue weighted by molar-refractivity contribution is 8.68. The Labute approximate surface area is 90.2 Å². The van der Waals surface area contributed by atoms with Crippen LogP contribution in [0.5, 0.6) is 0 Å². The largest absolute Gasteiger partial charge is 0.480 e. The molecule has 0 radical (unpaired) electrons. The molecule has 2 N–H and O–H groups in total. The molecule has 0 bridgehead atoms. The van der Waals surface area contributed by atoms with Crippen LogP contribution in [0.3, 0.4) is 0 Å². The van der Waals surface area contributed by atoms with Gasteiger partial charge in [-0.1, -0.05) is 16.0 Å². The molecular weight excluding hydrogens is 226 g/mol. The molecule has 2 unspecified atom stereocenters. The molecule has 2 atom stereocenters. The maximum atomic E-state index is 10.5. The minimum atomic E-state index is -0.991. The SMILES string of the molecule is O=C(O)C1CN(CC(O)CSS)N=N1. The molecule has 0 aliphatic carbocycles. The average Bonchev–Trinajstić information content (AvgIpc) is 2.53. The van der Waals surface area contributed by atoms with Crippen molar-refractivity contribution in [3.8, 4) is 0 Å². The van der Waals surface area contributed by atoms with Crippen molar-refractivity contribution in [2.45, 2.75) is 12.1 Å². The van der Waals surface area contributed by atoms with Gasteiger partial charge in [0, 0.05) is 5.75 Å². The van der Waals surface area contributed by atoms with Gasteiger partial charge in [-0.05, 0) is 0 Å². The summed E-state index contributed by atoms with van der Waals surface area (Å²) >= 11 is 3.90. The predicted octanol–water partition coefficient (Wildman–Crippen LogP) is 0.0613. The third-order valence-corrected chi connectivity index (χ3v) is 2.66. The van der Waals surface area contributed by atoms with Gasteiger partial charge in [-0.2, -0.15) is 5.11 Å². The van der Waals surface area contributed by atoms with Gasteiger partial charge in [-0.3, -0.25) is 5.01 Å². The number of rotatable bonds is 5. The standard InChI is InChI=1S/C6H11N3O3S2/c10-4(3-14-13)1-9-2-5(6(11)12)7-8-9/h4-5,10,13H,1-3H2,(H,11,12). The number of aliphatic hydroxyl groups is 1. The minimum Gasteiger partial charge on any atom is -0.480 e. The number of carbonyl (C=O) groups is 1. The molecule has 14 heavy (non-hydrogen) atoms. The molecule has 1 aliphatic rings. The lowest BCUT2D eigenvalue weighted by Crippen LogP contribution is -2.33. The van der Waals surface area contributed by atoms with Crippen molar-refractivity contribution in [2.75, 3.05) is 18.8 Å². The van der Waals surface area contributed by atoms with E-state index in [1.165, 1.54) is 15.8 Å². The predicted molar refractivity (Wildman–Crippen MR) is 55.3 cm³/mol. The van der Waals surface area contributed by atoms with E-state index in [-0.39, 0.29) is 6.54 Å². The van der Waals surface area contributed by atoms with Crippen molar-refractivity contribution in [2.24, 2.45) is 10.3 Å². The van der Waals surface area contributed by atoms with E-state index in [4.69, 9.17) is 5.11 Å². The molecule has 1 rings (SSSR count). The molecule has 8 heteroatoms. The molecule has 0 amide bonds. The van der Waals surface area contributed by atoms with Crippen molar-refractivity contribution < 1.29 is 15.0 Å². The second-order valence-electron chi connectivity index (χ2n) is 2.88. The van der Waals surface area contributed by atoms with Gasteiger partial charge in [0.2, 0.25) is 0 Å². The van der Waals surface area contributed by atoms with Crippen LogP contribution in [0.15, 0.2) is 10.3 Å². The van der Waals surface area contributed by atoms with E-state index in [0.29, 0.717) is 12.3 Å². The zero-order valence-electron chi connectivity index (χ0n) is 7.28. The van der Waals surface area contributed by atoms with E-state index in [9.17, 15) is 9.90 Å². The van der Waals surface area contributed by atoms with E-state index in [1.54, 1.807) is 0 Å². The Kier molecular flexibility index (Phi) is 4.49. The summed E-state index contributed by atoms with van der Waals surface area (Å²) in [6.07, 6.45) is -0.566. The number of hydrogen-bond donors (Lipinski definition) is 3. The van der Waals surface area contributed by atoms with Crippen LogP contribution in [0.1, 0.15) is 0 Å². The molecule has 0 aromatic heterocycles. The summed E-state index contributed by atoms with van der Waals surface area (Å²) in [5.74, 6) is -0.512. The normalized spacial score (nSPS) is 22.7. The van der Waals surface area contributed by atoms with Crippen LogP contribution in [-0.2, 0) is 4.79 Å². The van der Waals surface area contributed by atoms with Crippen LogP contribution >= 0.6 is 22.5 Å². The zero-order chi connectivity index (χ0) is 10.6.